The van der Waals surface area contributed by atoms with Crippen LogP contribution < -0.4 is 5.32 Å². The number of benzene rings is 1. The molecule has 0 aliphatic carbocycles. The molecule has 7 nitrogen and oxygen atoms in total. The predicted molar refractivity (Wildman–Crippen MR) is 105 cm³/mol. The van der Waals surface area contributed by atoms with Crippen LogP contribution in [0, 0.1) is 12.8 Å². The molecule has 0 saturated carbocycles. The number of urea groups is 1. The summed E-state index contributed by atoms with van der Waals surface area (Å²) in [6.45, 7) is 4.71. The second kappa shape index (κ2) is 9.08. The monoisotopic (exact) mass is 387 g/mol. The highest BCUT2D eigenvalue weighted by atomic mass is 16.4. The normalized spacial score (nSPS) is 18.8. The van der Waals surface area contributed by atoms with Crippen molar-refractivity contribution in [2.75, 3.05) is 26.2 Å². The van der Waals surface area contributed by atoms with Crippen LogP contribution in [0.4, 0.5) is 4.79 Å². The summed E-state index contributed by atoms with van der Waals surface area (Å²) in [5.41, 5.74) is 1.79. The van der Waals surface area contributed by atoms with Crippen molar-refractivity contribution in [2.45, 2.75) is 45.1 Å². The number of carboxylic acid groups (broad SMARTS) is 1. The fraction of sp³-hybridized carbons (Fsp3) is 0.571. The molecule has 2 aliphatic rings. The number of hydrogen-bond acceptors (Lipinski definition) is 3. The number of nitrogens with zero attached hydrogens (tertiary/aromatic N) is 2. The van der Waals surface area contributed by atoms with E-state index >= 15 is 0 Å². The van der Waals surface area contributed by atoms with Crippen molar-refractivity contribution in [1.29, 1.82) is 0 Å². The zero-order chi connectivity index (χ0) is 20.1. The zero-order valence-corrected chi connectivity index (χ0v) is 16.4. The molecule has 0 spiro atoms. The Balaban J connectivity index is 1.58. The summed E-state index contributed by atoms with van der Waals surface area (Å²) in [6.07, 6.45) is 3.20. The Morgan fingerprint density at radius 1 is 1.07 bits per heavy atom. The van der Waals surface area contributed by atoms with Gasteiger partial charge in [0.2, 0.25) is 5.91 Å². The fourth-order valence-electron chi connectivity index (χ4n) is 4.12. The number of nitrogens with one attached hydrogen (secondary N) is 1. The average Bonchev–Trinajstić information content (AvgIpc) is 3.22. The molecular weight excluding hydrogens is 358 g/mol. The molecule has 28 heavy (non-hydrogen) atoms. The Bertz CT molecular complexity index is 722. The van der Waals surface area contributed by atoms with E-state index in [1.807, 2.05) is 41.0 Å². The summed E-state index contributed by atoms with van der Waals surface area (Å²) >= 11 is 0. The van der Waals surface area contributed by atoms with E-state index in [0.29, 0.717) is 25.9 Å². The molecule has 2 saturated heterocycles. The number of likely N-dealkylation sites (tertiary alicyclic amines) is 2. The summed E-state index contributed by atoms with van der Waals surface area (Å²) in [7, 11) is 0. The van der Waals surface area contributed by atoms with Gasteiger partial charge in [0.1, 0.15) is 0 Å². The first-order valence-corrected chi connectivity index (χ1v) is 10.1. The summed E-state index contributed by atoms with van der Waals surface area (Å²) in [4.78, 5) is 40.3. The molecule has 1 atom stereocenters. The van der Waals surface area contributed by atoms with Crippen LogP contribution in [0.25, 0.3) is 0 Å². The minimum atomic E-state index is -0.945. The molecule has 1 aromatic rings. The van der Waals surface area contributed by atoms with Crippen molar-refractivity contribution in [3.63, 3.8) is 0 Å². The summed E-state index contributed by atoms with van der Waals surface area (Å²) in [5, 5.41) is 12.2. The lowest BCUT2D eigenvalue weighted by Crippen LogP contribution is -2.48. The Morgan fingerprint density at radius 3 is 2.29 bits per heavy atom. The molecule has 2 N–H and O–H groups in total. The van der Waals surface area contributed by atoms with Crippen LogP contribution in [0.5, 0.6) is 0 Å². The molecule has 7 heteroatoms. The lowest BCUT2D eigenvalue weighted by atomic mass is 9.93. The second-order valence-electron chi connectivity index (χ2n) is 7.75. The molecular formula is C21H29N3O4. The van der Waals surface area contributed by atoms with Gasteiger partial charge in [-0.05, 0) is 43.7 Å². The van der Waals surface area contributed by atoms with Gasteiger partial charge in [-0.25, -0.2) is 4.79 Å². The minimum absolute atomic E-state index is 0.0834. The molecule has 3 rings (SSSR count). The van der Waals surface area contributed by atoms with Crippen LogP contribution in [-0.2, 0) is 9.59 Å². The molecule has 0 radical (unpaired) electrons. The standard InChI is InChI=1S/C21H29N3O4/c1-15-6-2-3-7-17(15)18(14-19(25)26)22-20(27)16-8-12-24(13-9-16)21(28)23-10-4-5-11-23/h2-3,6-7,16,18H,4-5,8-14H2,1H3,(H,22,27)(H,25,26). The van der Waals surface area contributed by atoms with Crippen LogP contribution in [0.2, 0.25) is 0 Å². The Hall–Kier alpha value is -2.57. The van der Waals surface area contributed by atoms with Gasteiger partial charge in [-0.15, -0.1) is 0 Å². The first-order chi connectivity index (χ1) is 13.5. The van der Waals surface area contributed by atoms with Crippen LogP contribution in [0.15, 0.2) is 24.3 Å². The summed E-state index contributed by atoms with van der Waals surface area (Å²) < 4.78 is 0. The van der Waals surface area contributed by atoms with Crippen LogP contribution in [-0.4, -0.2) is 59.0 Å². The zero-order valence-electron chi connectivity index (χ0n) is 16.4. The van der Waals surface area contributed by atoms with Gasteiger partial charge >= 0.3 is 12.0 Å². The maximum Gasteiger partial charge on any atom is 0.319 e. The molecule has 0 bridgehead atoms. The highest BCUT2D eigenvalue weighted by Crippen LogP contribution is 2.24. The minimum Gasteiger partial charge on any atom is -0.481 e. The van der Waals surface area contributed by atoms with Gasteiger partial charge in [-0.2, -0.15) is 0 Å². The number of aryl methyl sites for hydroxylation is 1. The maximum absolute atomic E-state index is 12.8. The fourth-order valence-corrected chi connectivity index (χ4v) is 4.12. The van der Waals surface area contributed by atoms with Gasteiger partial charge < -0.3 is 20.2 Å². The summed E-state index contributed by atoms with van der Waals surface area (Å²) in [6, 6.07) is 7.06. The number of hydrogen-bond donors (Lipinski definition) is 2. The molecule has 152 valence electrons. The van der Waals surface area contributed by atoms with E-state index < -0.39 is 12.0 Å². The van der Waals surface area contributed by atoms with Gasteiger partial charge in [0.15, 0.2) is 0 Å². The quantitative estimate of drug-likeness (QED) is 0.812. The van der Waals surface area contributed by atoms with Crippen molar-refractivity contribution in [2.24, 2.45) is 5.92 Å². The number of rotatable bonds is 5. The van der Waals surface area contributed by atoms with E-state index in [1.54, 1.807) is 0 Å². The third kappa shape index (κ3) is 4.82. The lowest BCUT2D eigenvalue weighted by Gasteiger charge is -2.34. The van der Waals surface area contributed by atoms with Gasteiger partial charge in [-0.3, -0.25) is 9.59 Å². The highest BCUT2D eigenvalue weighted by Gasteiger charge is 2.31. The third-order valence-corrected chi connectivity index (χ3v) is 5.77. The van der Waals surface area contributed by atoms with E-state index in [-0.39, 0.29) is 24.3 Å². The first-order valence-electron chi connectivity index (χ1n) is 10.1. The molecule has 1 unspecified atom stereocenters. The Kier molecular flexibility index (Phi) is 6.54. The third-order valence-electron chi connectivity index (χ3n) is 5.77. The SMILES string of the molecule is Cc1ccccc1C(CC(=O)O)NC(=O)C1CCN(C(=O)N2CCCC2)CC1. The smallest absolute Gasteiger partial charge is 0.319 e. The van der Waals surface area contributed by atoms with E-state index in [0.717, 1.165) is 37.1 Å². The molecule has 3 amide bonds. The number of aliphatic carboxylic acids is 1. The number of carbonyl (C=O) groups excluding carboxylic acids is 2. The predicted octanol–water partition coefficient (Wildman–Crippen LogP) is 2.55. The van der Waals surface area contributed by atoms with Crippen molar-refractivity contribution >= 4 is 17.9 Å². The van der Waals surface area contributed by atoms with Gasteiger partial charge in [0, 0.05) is 32.1 Å². The average molecular weight is 387 g/mol. The van der Waals surface area contributed by atoms with Crippen molar-refractivity contribution in [1.82, 2.24) is 15.1 Å². The van der Waals surface area contributed by atoms with E-state index in [4.69, 9.17) is 0 Å². The molecule has 2 aliphatic heterocycles. The van der Waals surface area contributed by atoms with Gasteiger partial charge in [0.05, 0.1) is 12.5 Å². The highest BCUT2D eigenvalue weighted by molar-refractivity contribution is 5.81. The second-order valence-corrected chi connectivity index (χ2v) is 7.75. The Labute approximate surface area is 165 Å². The maximum atomic E-state index is 12.8. The van der Waals surface area contributed by atoms with Gasteiger partial charge in [0.25, 0.3) is 0 Å². The van der Waals surface area contributed by atoms with Crippen LogP contribution in [0.3, 0.4) is 0 Å². The van der Waals surface area contributed by atoms with Crippen molar-refractivity contribution in [3.05, 3.63) is 35.4 Å². The lowest BCUT2D eigenvalue weighted by molar-refractivity contribution is -0.138. The molecule has 0 aromatic heterocycles. The van der Waals surface area contributed by atoms with E-state index in [9.17, 15) is 19.5 Å². The Morgan fingerprint density at radius 2 is 1.68 bits per heavy atom. The van der Waals surface area contributed by atoms with E-state index in [2.05, 4.69) is 5.32 Å². The van der Waals surface area contributed by atoms with Gasteiger partial charge in [-0.1, -0.05) is 24.3 Å². The number of carbonyl (C=O) groups is 3. The molecule has 1 aromatic carbocycles. The van der Waals surface area contributed by atoms with E-state index in [1.165, 1.54) is 0 Å². The number of amides is 3. The topological polar surface area (TPSA) is 90.0 Å². The number of piperidine rings is 1. The van der Waals surface area contributed by atoms with Crippen molar-refractivity contribution < 1.29 is 19.5 Å². The molecule has 2 heterocycles. The first kappa shape index (κ1) is 20.2. The van der Waals surface area contributed by atoms with Crippen LogP contribution >= 0.6 is 0 Å². The van der Waals surface area contributed by atoms with Crippen LogP contribution in [0.1, 0.15) is 49.3 Å². The number of carboxylic acids is 1. The van der Waals surface area contributed by atoms with Crippen molar-refractivity contribution in [3.8, 4) is 0 Å². The largest absolute Gasteiger partial charge is 0.481 e. The summed E-state index contributed by atoms with van der Waals surface area (Å²) in [5.74, 6) is -1.26. The molecule has 2 fully saturated rings.